The number of hydrogen-bond acceptors (Lipinski definition) is 2. The lowest BCUT2D eigenvalue weighted by atomic mass is 10.0. The second-order valence-electron chi connectivity index (χ2n) is 5.66. The number of rotatable bonds is 3. The van der Waals surface area contributed by atoms with Crippen LogP contribution in [0.5, 0.6) is 0 Å². The van der Waals surface area contributed by atoms with Gasteiger partial charge in [0.1, 0.15) is 0 Å². The first-order valence-corrected chi connectivity index (χ1v) is 8.55. The Bertz CT molecular complexity index is 726. The molecule has 0 aliphatic heterocycles. The highest BCUT2D eigenvalue weighted by Gasteiger charge is 2.11. The van der Waals surface area contributed by atoms with Crippen molar-refractivity contribution in [3.05, 3.63) is 63.6 Å². The molecule has 0 saturated heterocycles. The van der Waals surface area contributed by atoms with Crippen molar-refractivity contribution in [3.63, 3.8) is 0 Å². The number of thiocarbonyl (C=S) groups is 1. The fourth-order valence-electron chi connectivity index (χ4n) is 2.16. The molecule has 5 heteroatoms. The largest absolute Gasteiger partial charge is 0.332 e. The van der Waals surface area contributed by atoms with Gasteiger partial charge in [0.05, 0.1) is 0 Å². The van der Waals surface area contributed by atoms with Gasteiger partial charge in [-0.15, -0.1) is 0 Å². The number of anilines is 1. The van der Waals surface area contributed by atoms with Crippen molar-refractivity contribution < 1.29 is 4.79 Å². The van der Waals surface area contributed by atoms with Gasteiger partial charge in [0.15, 0.2) is 5.11 Å². The van der Waals surface area contributed by atoms with Gasteiger partial charge in [-0.05, 0) is 61.0 Å². The van der Waals surface area contributed by atoms with Crippen LogP contribution in [-0.2, 0) is 0 Å². The molecule has 2 aromatic carbocycles. The third kappa shape index (κ3) is 4.88. The summed E-state index contributed by atoms with van der Waals surface area (Å²) in [5, 5.41) is 6.12. The molecule has 0 aliphatic rings. The number of carbonyl (C=O) groups is 1. The van der Waals surface area contributed by atoms with E-state index in [1.165, 1.54) is 0 Å². The van der Waals surface area contributed by atoms with Crippen LogP contribution in [0, 0.1) is 6.92 Å². The van der Waals surface area contributed by atoms with Crippen LogP contribution in [-0.4, -0.2) is 11.0 Å². The molecule has 0 atom stereocenters. The van der Waals surface area contributed by atoms with Crippen molar-refractivity contribution in [1.82, 2.24) is 5.32 Å². The van der Waals surface area contributed by atoms with Gasteiger partial charge in [-0.25, -0.2) is 0 Å². The van der Waals surface area contributed by atoms with Gasteiger partial charge in [-0.1, -0.05) is 47.5 Å². The molecule has 120 valence electrons. The fraction of sp³-hybridized carbons (Fsp3) is 0.222. The lowest BCUT2D eigenvalue weighted by molar-refractivity contribution is 0.0977. The van der Waals surface area contributed by atoms with E-state index in [1.54, 1.807) is 12.1 Å². The first kappa shape index (κ1) is 17.6. The monoisotopic (exact) mass is 390 g/mol. The first-order valence-electron chi connectivity index (χ1n) is 7.35. The number of hydrogen-bond donors (Lipinski definition) is 2. The maximum absolute atomic E-state index is 12.2. The summed E-state index contributed by atoms with van der Waals surface area (Å²) in [6.45, 7) is 6.20. The minimum Gasteiger partial charge on any atom is -0.332 e. The Labute approximate surface area is 150 Å². The second kappa shape index (κ2) is 7.70. The summed E-state index contributed by atoms with van der Waals surface area (Å²) >= 11 is 8.74. The van der Waals surface area contributed by atoms with Crippen LogP contribution in [0.15, 0.2) is 46.9 Å². The van der Waals surface area contributed by atoms with Crippen molar-refractivity contribution in [1.29, 1.82) is 0 Å². The quantitative estimate of drug-likeness (QED) is 0.723. The second-order valence-corrected chi connectivity index (χ2v) is 6.98. The third-order valence-corrected chi connectivity index (χ3v) is 4.12. The average molecular weight is 391 g/mol. The van der Waals surface area contributed by atoms with E-state index in [1.807, 2.05) is 31.2 Å². The van der Waals surface area contributed by atoms with Crippen LogP contribution in [0.3, 0.4) is 0 Å². The van der Waals surface area contributed by atoms with Crippen LogP contribution in [0.2, 0.25) is 0 Å². The van der Waals surface area contributed by atoms with Gasteiger partial charge in [-0.2, -0.15) is 0 Å². The Morgan fingerprint density at radius 3 is 2.39 bits per heavy atom. The van der Waals surface area contributed by atoms with Crippen LogP contribution < -0.4 is 10.6 Å². The Kier molecular flexibility index (Phi) is 5.91. The van der Waals surface area contributed by atoms with Gasteiger partial charge in [0.2, 0.25) is 0 Å². The number of halogens is 1. The van der Waals surface area contributed by atoms with Gasteiger partial charge < -0.3 is 5.32 Å². The zero-order valence-corrected chi connectivity index (χ0v) is 15.7. The molecule has 0 unspecified atom stereocenters. The Morgan fingerprint density at radius 2 is 1.78 bits per heavy atom. The summed E-state index contributed by atoms with van der Waals surface area (Å²) in [6.07, 6.45) is 0. The van der Waals surface area contributed by atoms with E-state index in [-0.39, 0.29) is 5.91 Å². The highest BCUT2D eigenvalue weighted by Crippen LogP contribution is 2.27. The molecule has 0 spiro atoms. The van der Waals surface area contributed by atoms with E-state index in [0.29, 0.717) is 16.6 Å². The molecule has 0 radical (unpaired) electrons. The van der Waals surface area contributed by atoms with Gasteiger partial charge in [0.25, 0.3) is 5.91 Å². The molecule has 0 fully saturated rings. The minimum atomic E-state index is -0.217. The SMILES string of the molecule is Cc1ccc(C(=O)NC(=S)Nc2ccc(Br)cc2C(C)C)cc1. The summed E-state index contributed by atoms with van der Waals surface area (Å²) in [5.74, 6) is 0.122. The van der Waals surface area contributed by atoms with Crippen molar-refractivity contribution >= 4 is 44.9 Å². The molecule has 0 bridgehead atoms. The summed E-state index contributed by atoms with van der Waals surface area (Å²) in [4.78, 5) is 12.2. The zero-order chi connectivity index (χ0) is 17.0. The Balaban J connectivity index is 2.08. The number of benzene rings is 2. The molecular formula is C18H19BrN2OS. The fourth-order valence-corrected chi connectivity index (χ4v) is 2.74. The molecule has 3 nitrogen and oxygen atoms in total. The van der Waals surface area contributed by atoms with E-state index in [0.717, 1.165) is 21.3 Å². The number of nitrogens with one attached hydrogen (secondary N) is 2. The predicted molar refractivity (Wildman–Crippen MR) is 103 cm³/mol. The van der Waals surface area contributed by atoms with E-state index < -0.39 is 0 Å². The van der Waals surface area contributed by atoms with Crippen molar-refractivity contribution in [2.24, 2.45) is 0 Å². The molecule has 0 aromatic heterocycles. The van der Waals surface area contributed by atoms with Gasteiger partial charge in [0, 0.05) is 15.7 Å². The molecular weight excluding hydrogens is 372 g/mol. The maximum Gasteiger partial charge on any atom is 0.257 e. The highest BCUT2D eigenvalue weighted by molar-refractivity contribution is 9.10. The van der Waals surface area contributed by atoms with Crippen LogP contribution in [0.4, 0.5) is 5.69 Å². The normalized spacial score (nSPS) is 10.5. The molecule has 0 saturated carbocycles. The smallest absolute Gasteiger partial charge is 0.257 e. The number of amides is 1. The molecule has 2 N–H and O–H groups in total. The molecule has 1 amide bonds. The molecule has 0 aliphatic carbocycles. The molecule has 2 rings (SSSR count). The van der Waals surface area contributed by atoms with Gasteiger partial charge in [-0.3, -0.25) is 10.1 Å². The molecule has 2 aromatic rings. The zero-order valence-electron chi connectivity index (χ0n) is 13.3. The first-order chi connectivity index (χ1) is 10.9. The number of aryl methyl sites for hydroxylation is 1. The van der Waals surface area contributed by atoms with Crippen molar-refractivity contribution in [2.75, 3.05) is 5.32 Å². The lowest BCUT2D eigenvalue weighted by Gasteiger charge is -2.16. The van der Waals surface area contributed by atoms with Crippen molar-refractivity contribution in [2.45, 2.75) is 26.7 Å². The number of carbonyl (C=O) groups excluding carboxylic acids is 1. The topological polar surface area (TPSA) is 41.1 Å². The van der Waals surface area contributed by atoms with Gasteiger partial charge >= 0.3 is 0 Å². The standard InChI is InChI=1S/C18H19BrN2OS/c1-11(2)15-10-14(19)8-9-16(15)20-18(23)21-17(22)13-6-4-12(3)5-7-13/h4-11H,1-3H3,(H2,20,21,22,23). The Hall–Kier alpha value is -1.72. The highest BCUT2D eigenvalue weighted by atomic mass is 79.9. The lowest BCUT2D eigenvalue weighted by Crippen LogP contribution is -2.34. The Morgan fingerprint density at radius 1 is 1.13 bits per heavy atom. The van der Waals surface area contributed by atoms with E-state index in [2.05, 4.69) is 46.5 Å². The summed E-state index contributed by atoms with van der Waals surface area (Å²) in [7, 11) is 0. The van der Waals surface area contributed by atoms with E-state index >= 15 is 0 Å². The van der Waals surface area contributed by atoms with Crippen LogP contribution in [0.25, 0.3) is 0 Å². The van der Waals surface area contributed by atoms with Crippen LogP contribution >= 0.6 is 28.1 Å². The molecule has 0 heterocycles. The molecule has 23 heavy (non-hydrogen) atoms. The summed E-state index contributed by atoms with van der Waals surface area (Å²) < 4.78 is 1.02. The average Bonchev–Trinajstić information content (AvgIpc) is 2.49. The van der Waals surface area contributed by atoms with E-state index in [4.69, 9.17) is 12.2 Å². The third-order valence-electron chi connectivity index (χ3n) is 3.42. The van der Waals surface area contributed by atoms with E-state index in [9.17, 15) is 4.79 Å². The van der Waals surface area contributed by atoms with Crippen molar-refractivity contribution in [3.8, 4) is 0 Å². The predicted octanol–water partition coefficient (Wildman–Crippen LogP) is 5.01. The maximum atomic E-state index is 12.2. The minimum absolute atomic E-state index is 0.217. The van der Waals surface area contributed by atoms with Crippen LogP contribution in [0.1, 0.15) is 41.3 Å². The summed E-state index contributed by atoms with van der Waals surface area (Å²) in [5.41, 5.74) is 3.72. The summed E-state index contributed by atoms with van der Waals surface area (Å²) in [6, 6.07) is 13.3.